The highest BCUT2D eigenvalue weighted by atomic mass is 16.3. The van der Waals surface area contributed by atoms with Crippen molar-refractivity contribution < 1.29 is 4.42 Å². The van der Waals surface area contributed by atoms with E-state index in [1.54, 1.807) is 18.6 Å². The van der Waals surface area contributed by atoms with Crippen LogP contribution in [0, 0.1) is 0 Å². The third-order valence-corrected chi connectivity index (χ3v) is 3.76. The summed E-state index contributed by atoms with van der Waals surface area (Å²) in [7, 11) is 0. The number of benzene rings is 1. The first-order valence-electron chi connectivity index (χ1n) is 7.09. The summed E-state index contributed by atoms with van der Waals surface area (Å²) in [5.41, 5.74) is 4.86. The number of rotatable bonds is 1. The van der Waals surface area contributed by atoms with Gasteiger partial charge in [0.1, 0.15) is 11.8 Å². The van der Waals surface area contributed by atoms with Crippen LogP contribution in [0.1, 0.15) is 0 Å². The van der Waals surface area contributed by atoms with E-state index in [1.165, 1.54) is 6.33 Å². The molecule has 0 aliphatic heterocycles. The van der Waals surface area contributed by atoms with E-state index < -0.39 is 0 Å². The molecule has 23 heavy (non-hydrogen) atoms. The highest BCUT2D eigenvalue weighted by molar-refractivity contribution is 5.99. The molecule has 0 aliphatic carbocycles. The molecule has 0 N–H and O–H groups in total. The fraction of sp³-hybridized carbons (Fsp3) is 0. The Morgan fingerprint density at radius 1 is 0.826 bits per heavy atom. The van der Waals surface area contributed by atoms with Crippen molar-refractivity contribution in [3.8, 4) is 11.3 Å². The van der Waals surface area contributed by atoms with Crippen LogP contribution in [0.5, 0.6) is 0 Å². The van der Waals surface area contributed by atoms with Crippen LogP contribution >= 0.6 is 0 Å². The third kappa shape index (κ3) is 1.78. The quantitative estimate of drug-likeness (QED) is 0.472. The van der Waals surface area contributed by atoms with Gasteiger partial charge >= 0.3 is 0 Å². The topological polar surface area (TPSA) is 77.6 Å². The average molecular weight is 299 g/mol. The fourth-order valence-corrected chi connectivity index (χ4v) is 2.72. The third-order valence-electron chi connectivity index (χ3n) is 3.76. The van der Waals surface area contributed by atoms with Gasteiger partial charge in [-0.3, -0.25) is 4.98 Å². The predicted molar refractivity (Wildman–Crippen MR) is 85.6 cm³/mol. The average Bonchev–Trinajstić information content (AvgIpc) is 2.99. The lowest BCUT2D eigenvalue weighted by atomic mass is 10.1. The highest BCUT2D eigenvalue weighted by Crippen LogP contribution is 2.28. The lowest BCUT2D eigenvalue weighted by Crippen LogP contribution is -1.89. The molecule has 5 aromatic rings. The molecule has 6 heteroatoms. The molecule has 0 saturated carbocycles. The smallest absolute Gasteiger partial charge is 0.248 e. The molecule has 1 aromatic carbocycles. The lowest BCUT2D eigenvalue weighted by molar-refractivity contribution is 0.650. The van der Waals surface area contributed by atoms with Crippen molar-refractivity contribution in [1.29, 1.82) is 0 Å². The van der Waals surface area contributed by atoms with Crippen molar-refractivity contribution in [3.63, 3.8) is 0 Å². The number of furan rings is 1. The molecule has 0 saturated heterocycles. The summed E-state index contributed by atoms with van der Waals surface area (Å²) < 4.78 is 5.71. The number of hydrogen-bond donors (Lipinski definition) is 0. The van der Waals surface area contributed by atoms with Crippen LogP contribution in [0.25, 0.3) is 44.5 Å². The second-order valence-electron chi connectivity index (χ2n) is 5.13. The van der Waals surface area contributed by atoms with Gasteiger partial charge in [-0.05, 0) is 6.07 Å². The van der Waals surface area contributed by atoms with E-state index in [9.17, 15) is 0 Å². The molecule has 0 radical (unpaired) electrons. The van der Waals surface area contributed by atoms with Crippen LogP contribution in [-0.2, 0) is 0 Å². The van der Waals surface area contributed by atoms with Crippen molar-refractivity contribution in [1.82, 2.24) is 24.9 Å². The normalized spacial score (nSPS) is 11.5. The van der Waals surface area contributed by atoms with Gasteiger partial charge in [0, 0.05) is 17.1 Å². The van der Waals surface area contributed by atoms with Crippen LogP contribution in [0.2, 0.25) is 0 Å². The van der Waals surface area contributed by atoms with Gasteiger partial charge in [0.25, 0.3) is 0 Å². The summed E-state index contributed by atoms with van der Waals surface area (Å²) >= 11 is 0. The Morgan fingerprint density at radius 3 is 2.78 bits per heavy atom. The molecule has 0 amide bonds. The highest BCUT2D eigenvalue weighted by Gasteiger charge is 2.13. The van der Waals surface area contributed by atoms with Gasteiger partial charge < -0.3 is 4.42 Å². The molecule has 4 aromatic heterocycles. The summed E-state index contributed by atoms with van der Waals surface area (Å²) in [6.07, 6.45) is 6.59. The van der Waals surface area contributed by atoms with Crippen molar-refractivity contribution in [3.05, 3.63) is 55.2 Å². The minimum Gasteiger partial charge on any atom is -0.433 e. The molecule has 0 atom stereocenters. The lowest BCUT2D eigenvalue weighted by Gasteiger charge is -2.04. The van der Waals surface area contributed by atoms with Crippen molar-refractivity contribution in [2.45, 2.75) is 0 Å². The van der Waals surface area contributed by atoms with E-state index in [2.05, 4.69) is 24.9 Å². The Morgan fingerprint density at radius 2 is 1.78 bits per heavy atom. The summed E-state index contributed by atoms with van der Waals surface area (Å²) in [4.78, 5) is 21.7. The van der Waals surface area contributed by atoms with Gasteiger partial charge in [-0.25, -0.2) is 19.9 Å². The molecule has 0 aliphatic rings. The second-order valence-corrected chi connectivity index (χ2v) is 5.13. The van der Waals surface area contributed by atoms with Crippen LogP contribution < -0.4 is 0 Å². The van der Waals surface area contributed by atoms with Gasteiger partial charge in [-0.2, -0.15) is 0 Å². The van der Waals surface area contributed by atoms with Gasteiger partial charge in [0.15, 0.2) is 11.1 Å². The molecule has 0 bridgehead atoms. The minimum atomic E-state index is 0.450. The molecule has 4 heterocycles. The number of nitrogens with zero attached hydrogens (tertiary/aromatic N) is 5. The van der Waals surface area contributed by atoms with E-state index >= 15 is 0 Å². The number of aromatic nitrogens is 5. The Bertz CT molecular complexity index is 1180. The Kier molecular flexibility index (Phi) is 2.40. The minimum absolute atomic E-state index is 0.450. The summed E-state index contributed by atoms with van der Waals surface area (Å²) in [5.74, 6) is 0. The molecule has 0 spiro atoms. The molecule has 6 nitrogen and oxygen atoms in total. The maximum Gasteiger partial charge on any atom is 0.248 e. The molecular weight excluding hydrogens is 290 g/mol. The predicted octanol–water partition coefficient (Wildman–Crippen LogP) is 3.38. The van der Waals surface area contributed by atoms with E-state index in [-0.39, 0.29) is 0 Å². The van der Waals surface area contributed by atoms with Crippen molar-refractivity contribution in [2.24, 2.45) is 0 Å². The second kappa shape index (κ2) is 4.54. The van der Waals surface area contributed by atoms with E-state index in [0.29, 0.717) is 28.0 Å². The molecule has 108 valence electrons. The van der Waals surface area contributed by atoms with Gasteiger partial charge in [-0.1, -0.05) is 24.3 Å². The first-order valence-corrected chi connectivity index (χ1v) is 7.09. The molecular formula is C17H9N5O. The number of fused-ring (bicyclic) bond motifs is 4. The first kappa shape index (κ1) is 12.2. The Labute approximate surface area is 129 Å². The zero-order valence-electron chi connectivity index (χ0n) is 11.8. The largest absolute Gasteiger partial charge is 0.433 e. The summed E-state index contributed by atoms with van der Waals surface area (Å²) in [6, 6.07) is 9.92. The summed E-state index contributed by atoms with van der Waals surface area (Å²) in [6.45, 7) is 0. The van der Waals surface area contributed by atoms with Crippen LogP contribution in [0.3, 0.4) is 0 Å². The number of hydrogen-bond acceptors (Lipinski definition) is 6. The van der Waals surface area contributed by atoms with Crippen molar-refractivity contribution >= 4 is 33.2 Å². The molecule has 0 fully saturated rings. The zero-order chi connectivity index (χ0) is 15.2. The fourth-order valence-electron chi connectivity index (χ4n) is 2.72. The van der Waals surface area contributed by atoms with Gasteiger partial charge in [0.05, 0.1) is 23.6 Å². The maximum absolute atomic E-state index is 5.71. The van der Waals surface area contributed by atoms with E-state index in [4.69, 9.17) is 4.42 Å². The first-order chi connectivity index (χ1) is 11.4. The number of para-hydroxylation sites is 1. The van der Waals surface area contributed by atoms with Crippen LogP contribution in [0.4, 0.5) is 0 Å². The van der Waals surface area contributed by atoms with Gasteiger partial charge in [0.2, 0.25) is 5.71 Å². The van der Waals surface area contributed by atoms with Gasteiger partial charge in [-0.15, -0.1) is 0 Å². The summed E-state index contributed by atoms with van der Waals surface area (Å²) in [5, 5.41) is 1.06. The monoisotopic (exact) mass is 299 g/mol. The van der Waals surface area contributed by atoms with Crippen molar-refractivity contribution in [2.75, 3.05) is 0 Å². The number of pyridine rings is 1. The SMILES string of the molecule is c1cnc2c(-c3cnc4c(n3)oc3cncnc34)cccc2c1. The standard InChI is InChI=1S/C17H9N5O/c1-3-10-4-2-6-19-14(10)11(5-1)12-7-20-16-15-13(8-18-9-21-15)23-17(16)22-12/h1-9H. The molecule has 0 unspecified atom stereocenters. The van der Waals surface area contributed by atoms with E-state index in [1.807, 2.05) is 30.3 Å². The molecule has 5 rings (SSSR count). The zero-order valence-corrected chi connectivity index (χ0v) is 11.8. The maximum atomic E-state index is 5.71. The van der Waals surface area contributed by atoms with E-state index in [0.717, 1.165) is 16.5 Å². The Balaban J connectivity index is 1.81. The Hall–Kier alpha value is -3.41. The van der Waals surface area contributed by atoms with Crippen LogP contribution in [-0.4, -0.2) is 24.9 Å². The van der Waals surface area contributed by atoms with Crippen LogP contribution in [0.15, 0.2) is 59.7 Å².